The Bertz CT molecular complexity index is 412. The summed E-state index contributed by atoms with van der Waals surface area (Å²) in [6.45, 7) is 0.804. The molecular formula is C11H13N3O. The average Bonchev–Trinajstić information content (AvgIpc) is 2.71. The minimum absolute atomic E-state index is 0.665. The Kier molecular flexibility index (Phi) is 2.88. The van der Waals surface area contributed by atoms with E-state index in [-0.39, 0.29) is 0 Å². The van der Waals surface area contributed by atoms with Crippen molar-refractivity contribution in [1.29, 1.82) is 0 Å². The van der Waals surface area contributed by atoms with Crippen molar-refractivity contribution in [2.45, 2.75) is 6.42 Å². The molecule has 0 radical (unpaired) electrons. The minimum Gasteiger partial charge on any atom is -0.469 e. The third-order valence-electron chi connectivity index (χ3n) is 2.04. The second-order valence-corrected chi connectivity index (χ2v) is 3.26. The first-order chi connectivity index (χ1) is 7.34. The highest BCUT2D eigenvalue weighted by Gasteiger charge is 1.96. The molecule has 2 heterocycles. The molecule has 4 heteroatoms. The first kappa shape index (κ1) is 9.58. The summed E-state index contributed by atoms with van der Waals surface area (Å²) in [5.41, 5.74) is 7.20. The molecule has 3 N–H and O–H groups in total. The van der Waals surface area contributed by atoms with Gasteiger partial charge >= 0.3 is 0 Å². The van der Waals surface area contributed by atoms with Crippen LogP contribution in [0.1, 0.15) is 5.76 Å². The second kappa shape index (κ2) is 4.50. The number of nitrogens with one attached hydrogen (secondary N) is 1. The maximum absolute atomic E-state index is 5.60. The second-order valence-electron chi connectivity index (χ2n) is 3.26. The number of anilines is 2. The van der Waals surface area contributed by atoms with Crippen molar-refractivity contribution in [1.82, 2.24) is 4.98 Å². The van der Waals surface area contributed by atoms with E-state index in [1.54, 1.807) is 18.7 Å². The number of nitrogens with zero attached hydrogens (tertiary/aromatic N) is 1. The SMILES string of the molecule is Nc1cncc(NCCc2ccco2)c1. The summed E-state index contributed by atoms with van der Waals surface area (Å²) in [5.74, 6) is 0.972. The van der Waals surface area contributed by atoms with Crippen molar-refractivity contribution in [3.05, 3.63) is 42.6 Å². The lowest BCUT2D eigenvalue weighted by molar-refractivity contribution is 0.513. The van der Waals surface area contributed by atoms with Crippen molar-refractivity contribution in [3.63, 3.8) is 0 Å². The van der Waals surface area contributed by atoms with Crippen LogP contribution in [0.2, 0.25) is 0 Å². The highest BCUT2D eigenvalue weighted by Crippen LogP contribution is 2.09. The number of nitrogen functional groups attached to an aromatic ring is 1. The Balaban J connectivity index is 1.83. The predicted molar refractivity (Wildman–Crippen MR) is 59.6 cm³/mol. The molecular weight excluding hydrogens is 190 g/mol. The summed E-state index contributed by atoms with van der Waals surface area (Å²) >= 11 is 0. The summed E-state index contributed by atoms with van der Waals surface area (Å²) < 4.78 is 5.21. The summed E-state index contributed by atoms with van der Waals surface area (Å²) in [6.07, 6.45) is 5.90. The van der Waals surface area contributed by atoms with E-state index in [0.717, 1.165) is 24.4 Å². The number of aromatic nitrogens is 1. The van der Waals surface area contributed by atoms with Gasteiger partial charge in [-0.3, -0.25) is 4.98 Å². The van der Waals surface area contributed by atoms with Crippen molar-refractivity contribution in [2.75, 3.05) is 17.6 Å². The van der Waals surface area contributed by atoms with Gasteiger partial charge in [-0.15, -0.1) is 0 Å². The lowest BCUT2D eigenvalue weighted by Crippen LogP contribution is -2.04. The number of furan rings is 1. The molecule has 0 aliphatic heterocycles. The van der Waals surface area contributed by atoms with Crippen LogP contribution in [-0.2, 0) is 6.42 Å². The van der Waals surface area contributed by atoms with Crippen LogP contribution < -0.4 is 11.1 Å². The fourth-order valence-corrected chi connectivity index (χ4v) is 1.34. The van der Waals surface area contributed by atoms with E-state index < -0.39 is 0 Å². The Morgan fingerprint density at radius 1 is 1.40 bits per heavy atom. The highest BCUT2D eigenvalue weighted by atomic mass is 16.3. The van der Waals surface area contributed by atoms with Crippen LogP contribution in [0.25, 0.3) is 0 Å². The van der Waals surface area contributed by atoms with Crippen LogP contribution in [0.3, 0.4) is 0 Å². The zero-order valence-corrected chi connectivity index (χ0v) is 8.31. The van der Waals surface area contributed by atoms with Crippen LogP contribution in [-0.4, -0.2) is 11.5 Å². The summed E-state index contributed by atoms with van der Waals surface area (Å²) in [4.78, 5) is 3.99. The van der Waals surface area contributed by atoms with Crippen LogP contribution >= 0.6 is 0 Å². The normalized spacial score (nSPS) is 10.1. The molecule has 0 atom stereocenters. The molecule has 0 aliphatic rings. The van der Waals surface area contributed by atoms with Gasteiger partial charge in [0.2, 0.25) is 0 Å². The zero-order valence-electron chi connectivity index (χ0n) is 8.31. The smallest absolute Gasteiger partial charge is 0.105 e. The Hall–Kier alpha value is -1.97. The number of pyridine rings is 1. The fraction of sp³-hybridized carbons (Fsp3) is 0.182. The molecule has 0 spiro atoms. The predicted octanol–water partition coefficient (Wildman–Crippen LogP) is 1.91. The van der Waals surface area contributed by atoms with Gasteiger partial charge in [0.1, 0.15) is 5.76 Å². The van der Waals surface area contributed by atoms with Crippen LogP contribution in [0.5, 0.6) is 0 Å². The zero-order chi connectivity index (χ0) is 10.5. The molecule has 0 fully saturated rings. The molecule has 78 valence electrons. The third-order valence-corrected chi connectivity index (χ3v) is 2.04. The molecule has 0 bridgehead atoms. The van der Waals surface area contributed by atoms with Gasteiger partial charge in [0.05, 0.1) is 23.8 Å². The van der Waals surface area contributed by atoms with Gasteiger partial charge in [-0.05, 0) is 18.2 Å². The van der Waals surface area contributed by atoms with Crippen LogP contribution in [0.4, 0.5) is 11.4 Å². The highest BCUT2D eigenvalue weighted by molar-refractivity contribution is 5.51. The molecule has 0 saturated heterocycles. The monoisotopic (exact) mass is 203 g/mol. The first-order valence-corrected chi connectivity index (χ1v) is 4.81. The van der Waals surface area contributed by atoms with Gasteiger partial charge in [-0.25, -0.2) is 0 Å². The third kappa shape index (κ3) is 2.74. The molecule has 0 aliphatic carbocycles. The Labute approximate surface area is 88.1 Å². The van der Waals surface area contributed by atoms with Gasteiger partial charge in [0.25, 0.3) is 0 Å². The Morgan fingerprint density at radius 2 is 2.33 bits per heavy atom. The van der Waals surface area contributed by atoms with E-state index in [9.17, 15) is 0 Å². The standard InChI is InChI=1S/C11H13N3O/c12-9-6-10(8-13-7-9)14-4-3-11-2-1-5-15-11/h1-2,5-8,14H,3-4,12H2. The maximum Gasteiger partial charge on any atom is 0.105 e. The Morgan fingerprint density at radius 3 is 3.07 bits per heavy atom. The van der Waals surface area contributed by atoms with E-state index in [4.69, 9.17) is 10.2 Å². The lowest BCUT2D eigenvalue weighted by Gasteiger charge is -2.04. The van der Waals surface area contributed by atoms with E-state index in [1.165, 1.54) is 0 Å². The van der Waals surface area contributed by atoms with Gasteiger partial charge in [0.15, 0.2) is 0 Å². The van der Waals surface area contributed by atoms with Gasteiger partial charge < -0.3 is 15.5 Å². The molecule has 2 aromatic heterocycles. The van der Waals surface area contributed by atoms with Gasteiger partial charge in [-0.1, -0.05) is 0 Å². The molecule has 0 aromatic carbocycles. The summed E-state index contributed by atoms with van der Waals surface area (Å²) in [5, 5.41) is 3.22. The molecule has 2 aromatic rings. The number of nitrogens with two attached hydrogens (primary N) is 1. The molecule has 2 rings (SSSR count). The van der Waals surface area contributed by atoms with E-state index in [0.29, 0.717) is 5.69 Å². The molecule has 0 unspecified atom stereocenters. The van der Waals surface area contributed by atoms with Gasteiger partial charge in [-0.2, -0.15) is 0 Å². The van der Waals surface area contributed by atoms with Crippen LogP contribution in [0, 0.1) is 0 Å². The number of rotatable bonds is 4. The average molecular weight is 203 g/mol. The topological polar surface area (TPSA) is 64.1 Å². The maximum atomic E-state index is 5.60. The fourth-order valence-electron chi connectivity index (χ4n) is 1.34. The van der Waals surface area contributed by atoms with E-state index >= 15 is 0 Å². The van der Waals surface area contributed by atoms with Crippen molar-refractivity contribution in [2.24, 2.45) is 0 Å². The van der Waals surface area contributed by atoms with E-state index in [1.807, 2.05) is 18.2 Å². The number of hydrogen-bond acceptors (Lipinski definition) is 4. The lowest BCUT2D eigenvalue weighted by atomic mass is 10.3. The van der Waals surface area contributed by atoms with E-state index in [2.05, 4.69) is 10.3 Å². The largest absolute Gasteiger partial charge is 0.469 e. The first-order valence-electron chi connectivity index (χ1n) is 4.81. The number of hydrogen-bond donors (Lipinski definition) is 2. The molecule has 0 saturated carbocycles. The van der Waals surface area contributed by atoms with Crippen molar-refractivity contribution >= 4 is 11.4 Å². The van der Waals surface area contributed by atoms with Crippen LogP contribution in [0.15, 0.2) is 41.3 Å². The molecule has 15 heavy (non-hydrogen) atoms. The summed E-state index contributed by atoms with van der Waals surface area (Å²) in [7, 11) is 0. The molecule has 0 amide bonds. The minimum atomic E-state index is 0.665. The quantitative estimate of drug-likeness (QED) is 0.796. The van der Waals surface area contributed by atoms with Crippen molar-refractivity contribution < 1.29 is 4.42 Å². The van der Waals surface area contributed by atoms with Crippen molar-refractivity contribution in [3.8, 4) is 0 Å². The molecule has 4 nitrogen and oxygen atoms in total. The van der Waals surface area contributed by atoms with Gasteiger partial charge in [0, 0.05) is 19.2 Å². The summed E-state index contributed by atoms with van der Waals surface area (Å²) in [6, 6.07) is 5.70.